The summed E-state index contributed by atoms with van der Waals surface area (Å²) in [7, 11) is 1.93. The predicted molar refractivity (Wildman–Crippen MR) is 34.6 cm³/mol. The first-order chi connectivity index (χ1) is 3.70. The van der Waals surface area contributed by atoms with Crippen LogP contribution in [-0.4, -0.2) is 4.57 Å². The molecule has 0 aliphatic heterocycles. The van der Waals surface area contributed by atoms with Gasteiger partial charge in [0.05, 0.1) is 0 Å². The number of nitrogen functional groups attached to an aromatic ring is 1. The molecule has 0 aliphatic rings. The second-order valence-corrected chi connectivity index (χ2v) is 2.05. The minimum Gasteiger partial charge on any atom is -0.385 e. The van der Waals surface area contributed by atoms with Crippen molar-refractivity contribution in [1.29, 1.82) is 0 Å². The van der Waals surface area contributed by atoms with Crippen LogP contribution in [-0.2, 0) is 7.05 Å². The fourth-order valence-corrected chi connectivity index (χ4v) is 0.752. The van der Waals surface area contributed by atoms with E-state index < -0.39 is 0 Å². The summed E-state index contributed by atoms with van der Waals surface area (Å²) in [4.78, 5) is 0. The summed E-state index contributed by atoms with van der Waals surface area (Å²) in [6.45, 7) is 2.02. The Balaban J connectivity index is 3.14. The molecular formula is C6H10N2. The van der Waals surface area contributed by atoms with E-state index in [-0.39, 0.29) is 0 Å². The lowest BCUT2D eigenvalue weighted by Gasteiger charge is -1.90. The Kier molecular flexibility index (Phi) is 1.01. The van der Waals surface area contributed by atoms with Gasteiger partial charge >= 0.3 is 0 Å². The van der Waals surface area contributed by atoms with Crippen molar-refractivity contribution in [3.8, 4) is 0 Å². The van der Waals surface area contributed by atoms with E-state index in [9.17, 15) is 0 Å². The number of hydrogen-bond donors (Lipinski definition) is 1. The second kappa shape index (κ2) is 1.54. The molecule has 1 heterocycles. The number of rotatable bonds is 0. The van der Waals surface area contributed by atoms with Gasteiger partial charge in [0, 0.05) is 13.2 Å². The van der Waals surface area contributed by atoms with Crippen molar-refractivity contribution < 1.29 is 0 Å². The number of nitrogens with two attached hydrogens (primary N) is 1. The first-order valence-corrected chi connectivity index (χ1v) is 2.58. The van der Waals surface area contributed by atoms with Crippen molar-refractivity contribution in [2.45, 2.75) is 6.92 Å². The monoisotopic (exact) mass is 110 g/mol. The first-order valence-electron chi connectivity index (χ1n) is 2.58. The van der Waals surface area contributed by atoms with Crippen LogP contribution in [0.3, 0.4) is 0 Å². The van der Waals surface area contributed by atoms with Gasteiger partial charge in [-0.15, -0.1) is 0 Å². The summed E-state index contributed by atoms with van der Waals surface area (Å²) in [5, 5.41) is 0. The van der Waals surface area contributed by atoms with Crippen LogP contribution in [0.25, 0.3) is 0 Å². The quantitative estimate of drug-likeness (QED) is 0.529. The van der Waals surface area contributed by atoms with Crippen molar-refractivity contribution in [3.63, 3.8) is 0 Å². The Hall–Kier alpha value is -0.920. The third kappa shape index (κ3) is 0.689. The average molecular weight is 110 g/mol. The zero-order chi connectivity index (χ0) is 6.15. The summed E-state index contributed by atoms with van der Waals surface area (Å²) in [5.41, 5.74) is 6.72. The van der Waals surface area contributed by atoms with Crippen molar-refractivity contribution in [1.82, 2.24) is 4.57 Å². The topological polar surface area (TPSA) is 30.9 Å². The Morgan fingerprint density at radius 2 is 2.25 bits per heavy atom. The van der Waals surface area contributed by atoms with Gasteiger partial charge in [-0.25, -0.2) is 0 Å². The van der Waals surface area contributed by atoms with Crippen LogP contribution in [0, 0.1) is 6.92 Å². The zero-order valence-electron chi connectivity index (χ0n) is 5.18. The molecule has 1 aromatic heterocycles. The van der Waals surface area contributed by atoms with Crippen LogP contribution >= 0.6 is 0 Å². The van der Waals surface area contributed by atoms with Crippen molar-refractivity contribution in [2.24, 2.45) is 7.05 Å². The molecule has 2 nitrogen and oxygen atoms in total. The minimum atomic E-state index is 0.822. The highest BCUT2D eigenvalue weighted by atomic mass is 15.0. The van der Waals surface area contributed by atoms with Crippen LogP contribution in [0.15, 0.2) is 12.3 Å². The highest BCUT2D eigenvalue weighted by molar-refractivity contribution is 5.34. The van der Waals surface area contributed by atoms with Crippen LogP contribution in [0.5, 0.6) is 0 Å². The molecule has 1 aromatic rings. The summed E-state index contributed by atoms with van der Waals surface area (Å²) >= 11 is 0. The van der Waals surface area contributed by atoms with Crippen molar-refractivity contribution in [3.05, 3.63) is 17.8 Å². The zero-order valence-corrected chi connectivity index (χ0v) is 5.18. The van der Waals surface area contributed by atoms with Crippen LogP contribution in [0.1, 0.15) is 5.56 Å². The van der Waals surface area contributed by atoms with Crippen LogP contribution in [0.2, 0.25) is 0 Å². The van der Waals surface area contributed by atoms with Gasteiger partial charge in [0.25, 0.3) is 0 Å². The summed E-state index contributed by atoms with van der Waals surface area (Å²) < 4.78 is 1.90. The predicted octanol–water partition coefficient (Wildman–Crippen LogP) is 0.916. The second-order valence-electron chi connectivity index (χ2n) is 2.05. The standard InChI is InChI=1S/C6H10N2/c1-5-3-6(7)8(2)4-5/h3-4H,7H2,1-2H3. The molecular weight excluding hydrogens is 100 g/mol. The third-order valence-corrected chi connectivity index (χ3v) is 1.18. The fraction of sp³-hybridized carbons (Fsp3) is 0.333. The molecule has 0 amide bonds. The Bertz CT molecular complexity index is 169. The van der Waals surface area contributed by atoms with Crippen LogP contribution in [0.4, 0.5) is 5.82 Å². The summed E-state index contributed by atoms with van der Waals surface area (Å²) in [6, 6.07) is 1.94. The van der Waals surface area contributed by atoms with Gasteiger partial charge in [-0.05, 0) is 18.6 Å². The fourth-order valence-electron chi connectivity index (χ4n) is 0.752. The first kappa shape index (κ1) is 5.22. The van der Waals surface area contributed by atoms with E-state index in [1.807, 2.05) is 30.8 Å². The van der Waals surface area contributed by atoms with Crippen LogP contribution < -0.4 is 5.73 Å². The highest BCUT2D eigenvalue weighted by Gasteiger charge is 1.90. The van der Waals surface area contributed by atoms with E-state index in [4.69, 9.17) is 5.73 Å². The smallest absolute Gasteiger partial charge is 0.103 e. The molecule has 1 rings (SSSR count). The third-order valence-electron chi connectivity index (χ3n) is 1.18. The lowest BCUT2D eigenvalue weighted by molar-refractivity contribution is 0.938. The van der Waals surface area contributed by atoms with Gasteiger partial charge in [0.1, 0.15) is 5.82 Å². The van der Waals surface area contributed by atoms with Crippen molar-refractivity contribution >= 4 is 5.82 Å². The van der Waals surface area contributed by atoms with Gasteiger partial charge in [0.15, 0.2) is 0 Å². The molecule has 0 radical (unpaired) electrons. The molecule has 0 unspecified atom stereocenters. The molecule has 0 atom stereocenters. The Morgan fingerprint density at radius 1 is 1.62 bits per heavy atom. The van der Waals surface area contributed by atoms with E-state index >= 15 is 0 Å². The molecule has 2 N–H and O–H groups in total. The van der Waals surface area contributed by atoms with Crippen molar-refractivity contribution in [2.75, 3.05) is 5.73 Å². The molecule has 0 spiro atoms. The van der Waals surface area contributed by atoms with Gasteiger partial charge in [-0.1, -0.05) is 0 Å². The van der Waals surface area contributed by atoms with Gasteiger partial charge < -0.3 is 10.3 Å². The van der Waals surface area contributed by atoms with E-state index in [1.54, 1.807) is 0 Å². The molecule has 0 aromatic carbocycles. The maximum absolute atomic E-state index is 5.50. The van der Waals surface area contributed by atoms with Gasteiger partial charge in [-0.2, -0.15) is 0 Å². The number of nitrogens with zero attached hydrogens (tertiary/aromatic N) is 1. The van der Waals surface area contributed by atoms with E-state index in [0.717, 1.165) is 5.82 Å². The van der Waals surface area contributed by atoms with Gasteiger partial charge in [-0.3, -0.25) is 0 Å². The molecule has 2 heteroatoms. The van der Waals surface area contributed by atoms with E-state index in [2.05, 4.69) is 0 Å². The Labute approximate surface area is 48.9 Å². The number of anilines is 1. The molecule has 0 bridgehead atoms. The summed E-state index contributed by atoms with van der Waals surface area (Å²) in [6.07, 6.45) is 2.00. The minimum absolute atomic E-state index is 0.822. The van der Waals surface area contributed by atoms with E-state index in [1.165, 1.54) is 5.56 Å². The maximum Gasteiger partial charge on any atom is 0.103 e. The molecule has 0 saturated heterocycles. The molecule has 0 aliphatic carbocycles. The van der Waals surface area contributed by atoms with E-state index in [0.29, 0.717) is 0 Å². The lowest BCUT2D eigenvalue weighted by Crippen LogP contribution is -1.92. The average Bonchev–Trinajstić information content (AvgIpc) is 1.85. The number of aryl methyl sites for hydroxylation is 2. The largest absolute Gasteiger partial charge is 0.385 e. The lowest BCUT2D eigenvalue weighted by atomic mass is 10.4. The molecule has 0 fully saturated rings. The molecule has 0 saturated carbocycles. The number of aromatic nitrogens is 1. The number of hydrogen-bond acceptors (Lipinski definition) is 1. The Morgan fingerprint density at radius 3 is 2.38 bits per heavy atom. The normalized spacial score (nSPS) is 9.75. The maximum atomic E-state index is 5.50. The molecule has 44 valence electrons. The molecule has 8 heavy (non-hydrogen) atoms. The SMILES string of the molecule is Cc1cc(N)n(C)c1. The van der Waals surface area contributed by atoms with Gasteiger partial charge in [0.2, 0.25) is 0 Å². The summed E-state index contributed by atoms with van der Waals surface area (Å²) in [5.74, 6) is 0.822. The highest BCUT2D eigenvalue weighted by Crippen LogP contribution is 2.05.